The third-order valence-electron chi connectivity index (χ3n) is 3.39. The van der Waals surface area contributed by atoms with Crippen LogP contribution in [0.2, 0.25) is 5.02 Å². The van der Waals surface area contributed by atoms with Gasteiger partial charge in [0, 0.05) is 11.1 Å². The van der Waals surface area contributed by atoms with E-state index in [-0.39, 0.29) is 0 Å². The highest BCUT2D eigenvalue weighted by Crippen LogP contribution is 2.31. The summed E-state index contributed by atoms with van der Waals surface area (Å²) in [7, 11) is 1.45. The maximum atomic E-state index is 12.1. The highest BCUT2D eigenvalue weighted by Gasteiger charge is 2.18. The molecule has 2 amide bonds. The van der Waals surface area contributed by atoms with E-state index in [4.69, 9.17) is 22.1 Å². The highest BCUT2D eigenvalue weighted by molar-refractivity contribution is 6.44. The molecule has 0 saturated carbocycles. The molecule has 0 unspecified atom stereocenters. The van der Waals surface area contributed by atoms with Crippen LogP contribution in [0.25, 0.3) is 0 Å². The molecule has 0 aliphatic carbocycles. The van der Waals surface area contributed by atoms with Crippen LogP contribution in [-0.2, 0) is 9.59 Å². The molecular formula is C17H18ClN3O3. The molecule has 7 heteroatoms. The van der Waals surface area contributed by atoms with Crippen molar-refractivity contribution >= 4 is 40.5 Å². The molecule has 0 saturated heterocycles. The number of nitrogen functional groups attached to an aromatic ring is 1. The normalized spacial score (nSPS) is 10.2. The molecule has 0 atom stereocenters. The minimum atomic E-state index is -0.837. The highest BCUT2D eigenvalue weighted by atomic mass is 35.5. The molecule has 4 N–H and O–H groups in total. The van der Waals surface area contributed by atoms with Crippen LogP contribution in [0, 0.1) is 13.8 Å². The number of rotatable bonds is 3. The second-order valence-electron chi connectivity index (χ2n) is 5.30. The zero-order valence-electron chi connectivity index (χ0n) is 13.6. The number of hydrogen-bond acceptors (Lipinski definition) is 4. The van der Waals surface area contributed by atoms with Crippen molar-refractivity contribution in [2.24, 2.45) is 0 Å². The second kappa shape index (κ2) is 7.23. The number of benzene rings is 2. The Balaban J connectivity index is 2.16. The molecule has 2 rings (SSSR count). The lowest BCUT2D eigenvalue weighted by molar-refractivity contribution is -0.133. The number of ether oxygens (including phenoxy) is 1. The van der Waals surface area contributed by atoms with Crippen LogP contribution in [0.5, 0.6) is 5.75 Å². The minimum Gasteiger partial charge on any atom is -0.495 e. The first-order chi connectivity index (χ1) is 11.3. The van der Waals surface area contributed by atoms with Crippen molar-refractivity contribution < 1.29 is 14.3 Å². The molecule has 0 spiro atoms. The predicted octanol–water partition coefficient (Wildman–Crippen LogP) is 3.12. The first-order valence-corrected chi connectivity index (χ1v) is 7.52. The van der Waals surface area contributed by atoms with Crippen LogP contribution in [0.3, 0.4) is 0 Å². The van der Waals surface area contributed by atoms with Gasteiger partial charge in [-0.1, -0.05) is 17.7 Å². The molecule has 2 aromatic rings. The van der Waals surface area contributed by atoms with Gasteiger partial charge in [0.15, 0.2) is 0 Å². The third kappa shape index (κ3) is 3.97. The Hall–Kier alpha value is -2.73. The van der Waals surface area contributed by atoms with Crippen molar-refractivity contribution in [3.8, 4) is 5.75 Å². The number of aryl methyl sites for hydroxylation is 2. The number of hydrogen-bond donors (Lipinski definition) is 3. The van der Waals surface area contributed by atoms with Crippen LogP contribution >= 0.6 is 11.6 Å². The van der Waals surface area contributed by atoms with Gasteiger partial charge in [0.05, 0.1) is 24.2 Å². The number of amides is 2. The van der Waals surface area contributed by atoms with E-state index in [0.717, 1.165) is 11.1 Å². The molecular weight excluding hydrogens is 330 g/mol. The lowest BCUT2D eigenvalue weighted by Gasteiger charge is -2.13. The second-order valence-corrected chi connectivity index (χ2v) is 5.71. The molecule has 0 bridgehead atoms. The van der Waals surface area contributed by atoms with E-state index < -0.39 is 11.8 Å². The Morgan fingerprint density at radius 1 is 1.04 bits per heavy atom. The van der Waals surface area contributed by atoms with E-state index >= 15 is 0 Å². The van der Waals surface area contributed by atoms with Crippen molar-refractivity contribution in [2.75, 3.05) is 23.5 Å². The van der Waals surface area contributed by atoms with Crippen LogP contribution in [0.1, 0.15) is 11.1 Å². The number of halogens is 1. The van der Waals surface area contributed by atoms with Crippen LogP contribution < -0.4 is 21.1 Å². The first-order valence-electron chi connectivity index (χ1n) is 7.14. The third-order valence-corrected chi connectivity index (χ3v) is 3.80. The summed E-state index contributed by atoms with van der Waals surface area (Å²) >= 11 is 6.02. The molecule has 126 valence electrons. The standard InChI is InChI=1S/C17H18ClN3O3/c1-9-4-5-12(19)13(6-9)20-16(22)17(23)21-14-7-10(2)11(18)8-15(14)24-3/h4-8H,19H2,1-3H3,(H,20,22)(H,21,23). The summed E-state index contributed by atoms with van der Waals surface area (Å²) in [6.07, 6.45) is 0. The average molecular weight is 348 g/mol. The molecule has 0 aromatic heterocycles. The van der Waals surface area contributed by atoms with Crippen molar-refractivity contribution in [1.82, 2.24) is 0 Å². The van der Waals surface area contributed by atoms with Gasteiger partial charge in [-0.25, -0.2) is 0 Å². The monoisotopic (exact) mass is 347 g/mol. The zero-order valence-corrected chi connectivity index (χ0v) is 14.3. The summed E-state index contributed by atoms with van der Waals surface area (Å²) in [5, 5.41) is 5.50. The van der Waals surface area contributed by atoms with Gasteiger partial charge in [-0.3, -0.25) is 9.59 Å². The van der Waals surface area contributed by atoms with E-state index in [1.165, 1.54) is 7.11 Å². The predicted molar refractivity (Wildman–Crippen MR) is 95.6 cm³/mol. The van der Waals surface area contributed by atoms with Crippen LogP contribution in [0.15, 0.2) is 30.3 Å². The molecule has 24 heavy (non-hydrogen) atoms. The topological polar surface area (TPSA) is 93.4 Å². The largest absolute Gasteiger partial charge is 0.495 e. The van der Waals surface area contributed by atoms with Gasteiger partial charge in [0.2, 0.25) is 0 Å². The molecule has 6 nitrogen and oxygen atoms in total. The van der Waals surface area contributed by atoms with Crippen LogP contribution in [0.4, 0.5) is 17.1 Å². The molecule has 0 radical (unpaired) electrons. The van der Waals surface area contributed by atoms with Crippen molar-refractivity contribution in [3.63, 3.8) is 0 Å². The van der Waals surface area contributed by atoms with E-state index in [1.54, 1.807) is 31.2 Å². The SMILES string of the molecule is COc1cc(Cl)c(C)cc1NC(=O)C(=O)Nc1cc(C)ccc1N. The summed E-state index contributed by atoms with van der Waals surface area (Å²) < 4.78 is 5.16. The molecule has 0 aliphatic rings. The Labute approximate surface area is 144 Å². The summed E-state index contributed by atoms with van der Waals surface area (Å²) in [6, 6.07) is 8.37. The Morgan fingerprint density at radius 2 is 1.67 bits per heavy atom. The molecule has 0 fully saturated rings. The van der Waals surface area contributed by atoms with Gasteiger partial charge in [-0.15, -0.1) is 0 Å². The number of anilines is 3. The minimum absolute atomic E-state index is 0.358. The molecule has 2 aromatic carbocycles. The maximum Gasteiger partial charge on any atom is 0.314 e. The fourth-order valence-corrected chi connectivity index (χ4v) is 2.22. The number of carbonyl (C=O) groups is 2. The van der Waals surface area contributed by atoms with Crippen molar-refractivity contribution in [2.45, 2.75) is 13.8 Å². The fraction of sp³-hybridized carbons (Fsp3) is 0.176. The van der Waals surface area contributed by atoms with Gasteiger partial charge in [0.25, 0.3) is 0 Å². The number of nitrogens with two attached hydrogens (primary N) is 1. The summed E-state index contributed by atoms with van der Waals surface area (Å²) in [4.78, 5) is 24.2. The van der Waals surface area contributed by atoms with Gasteiger partial charge in [-0.2, -0.15) is 0 Å². The van der Waals surface area contributed by atoms with Gasteiger partial charge >= 0.3 is 11.8 Å². The van der Waals surface area contributed by atoms with E-state index in [9.17, 15) is 9.59 Å². The Bertz CT molecular complexity index is 806. The summed E-state index contributed by atoms with van der Waals surface area (Å²) in [5.74, 6) is -1.31. The quantitative estimate of drug-likeness (QED) is 0.587. The van der Waals surface area contributed by atoms with Gasteiger partial charge in [0.1, 0.15) is 5.75 Å². The van der Waals surface area contributed by atoms with E-state index in [0.29, 0.717) is 27.8 Å². The van der Waals surface area contributed by atoms with E-state index in [2.05, 4.69) is 10.6 Å². The molecule has 0 aliphatic heterocycles. The van der Waals surface area contributed by atoms with Crippen molar-refractivity contribution in [3.05, 3.63) is 46.5 Å². The number of nitrogens with one attached hydrogen (secondary N) is 2. The first kappa shape index (κ1) is 17.6. The van der Waals surface area contributed by atoms with Crippen LogP contribution in [-0.4, -0.2) is 18.9 Å². The number of methoxy groups -OCH3 is 1. The lowest BCUT2D eigenvalue weighted by atomic mass is 10.2. The fourth-order valence-electron chi connectivity index (χ4n) is 2.07. The lowest BCUT2D eigenvalue weighted by Crippen LogP contribution is -2.29. The summed E-state index contributed by atoms with van der Waals surface area (Å²) in [5.41, 5.74) is 8.57. The average Bonchev–Trinajstić information content (AvgIpc) is 2.54. The van der Waals surface area contributed by atoms with Gasteiger partial charge < -0.3 is 21.1 Å². The van der Waals surface area contributed by atoms with Gasteiger partial charge in [-0.05, 0) is 43.2 Å². The zero-order chi connectivity index (χ0) is 17.9. The summed E-state index contributed by atoms with van der Waals surface area (Å²) in [6.45, 7) is 3.64. The number of carbonyl (C=O) groups excluding carboxylic acids is 2. The van der Waals surface area contributed by atoms with E-state index in [1.807, 2.05) is 13.0 Å². The van der Waals surface area contributed by atoms with Crippen molar-refractivity contribution in [1.29, 1.82) is 0 Å². The Morgan fingerprint density at radius 3 is 2.29 bits per heavy atom. The maximum absolute atomic E-state index is 12.1. The smallest absolute Gasteiger partial charge is 0.314 e. The molecule has 0 heterocycles. The Kier molecular flexibility index (Phi) is 5.31.